The first-order valence-corrected chi connectivity index (χ1v) is 5.67. The molecular weight excluding hydrogens is 227 g/mol. The van der Waals surface area contributed by atoms with Crippen molar-refractivity contribution in [3.63, 3.8) is 0 Å². The maximum absolute atomic E-state index is 13.0. The molecule has 2 rings (SSSR count). The lowest BCUT2D eigenvalue weighted by Crippen LogP contribution is -2.20. The lowest BCUT2D eigenvalue weighted by molar-refractivity contribution is 0.110. The molecule has 0 radical (unpaired) electrons. The number of rotatable bonds is 0. The molecule has 3 heteroatoms. The second-order valence-electron chi connectivity index (χ2n) is 4.15. The van der Waals surface area contributed by atoms with Crippen LogP contribution in [-0.2, 0) is 0 Å². The Kier molecular flexibility index (Phi) is 3.18. The Balaban J connectivity index is 2.23. The first kappa shape index (κ1) is 11.4. The summed E-state index contributed by atoms with van der Waals surface area (Å²) in [6, 6.07) is 4.14. The van der Waals surface area contributed by atoms with Crippen molar-refractivity contribution >= 4 is 11.6 Å². The zero-order valence-corrected chi connectivity index (χ0v) is 9.52. The van der Waals surface area contributed by atoms with Gasteiger partial charge >= 0.3 is 0 Å². The van der Waals surface area contributed by atoms with Crippen molar-refractivity contribution in [2.75, 3.05) is 0 Å². The Hall–Kier alpha value is -1.04. The predicted molar refractivity (Wildman–Crippen MR) is 61.7 cm³/mol. The second kappa shape index (κ2) is 4.45. The van der Waals surface area contributed by atoms with Crippen molar-refractivity contribution in [1.29, 1.82) is 0 Å². The van der Waals surface area contributed by atoms with Crippen LogP contribution in [0.1, 0.15) is 31.2 Å². The molecular formula is C13H12ClFO. The molecule has 1 fully saturated rings. The summed E-state index contributed by atoms with van der Waals surface area (Å²) in [5.41, 5.74) is -0.385. The van der Waals surface area contributed by atoms with Crippen LogP contribution in [0.5, 0.6) is 0 Å². The van der Waals surface area contributed by atoms with E-state index in [0.29, 0.717) is 23.4 Å². The molecule has 1 saturated carbocycles. The second-order valence-corrected chi connectivity index (χ2v) is 4.58. The minimum atomic E-state index is -0.890. The summed E-state index contributed by atoms with van der Waals surface area (Å²) < 4.78 is 13.0. The number of halogens is 2. The topological polar surface area (TPSA) is 20.2 Å². The van der Waals surface area contributed by atoms with Crippen molar-refractivity contribution in [3.05, 3.63) is 34.6 Å². The third-order valence-corrected chi connectivity index (χ3v) is 2.95. The van der Waals surface area contributed by atoms with Crippen molar-refractivity contribution in [1.82, 2.24) is 0 Å². The van der Waals surface area contributed by atoms with Crippen LogP contribution >= 0.6 is 11.6 Å². The quantitative estimate of drug-likeness (QED) is 0.689. The first-order chi connectivity index (χ1) is 7.57. The van der Waals surface area contributed by atoms with Crippen LogP contribution in [0.25, 0.3) is 0 Å². The van der Waals surface area contributed by atoms with E-state index in [9.17, 15) is 9.50 Å². The van der Waals surface area contributed by atoms with Gasteiger partial charge in [-0.3, -0.25) is 0 Å². The van der Waals surface area contributed by atoms with Gasteiger partial charge in [-0.05, 0) is 43.9 Å². The summed E-state index contributed by atoms with van der Waals surface area (Å²) >= 11 is 5.71. The van der Waals surface area contributed by atoms with Crippen molar-refractivity contribution in [3.8, 4) is 11.8 Å². The lowest BCUT2D eigenvalue weighted by Gasteiger charge is -2.12. The molecule has 84 valence electrons. The number of hydrogen-bond acceptors (Lipinski definition) is 1. The number of benzene rings is 1. The van der Waals surface area contributed by atoms with Gasteiger partial charge in [-0.15, -0.1) is 0 Å². The third-order valence-electron chi connectivity index (χ3n) is 2.73. The lowest BCUT2D eigenvalue weighted by atomic mass is 10.0. The van der Waals surface area contributed by atoms with Crippen LogP contribution in [-0.4, -0.2) is 10.7 Å². The normalized spacial score (nSPS) is 17.9. The maximum atomic E-state index is 13.0. The van der Waals surface area contributed by atoms with Gasteiger partial charge in [0, 0.05) is 10.6 Å². The number of hydrogen-bond donors (Lipinski definition) is 1. The van der Waals surface area contributed by atoms with Gasteiger partial charge in [0.2, 0.25) is 0 Å². The molecule has 0 aromatic heterocycles. The largest absolute Gasteiger partial charge is 0.378 e. The third kappa shape index (κ3) is 2.75. The van der Waals surface area contributed by atoms with E-state index < -0.39 is 11.4 Å². The van der Waals surface area contributed by atoms with Crippen molar-refractivity contribution in [2.45, 2.75) is 31.3 Å². The smallest absolute Gasteiger partial charge is 0.125 e. The van der Waals surface area contributed by atoms with Gasteiger partial charge in [0.1, 0.15) is 11.4 Å². The summed E-state index contributed by atoms with van der Waals surface area (Å²) in [6.07, 6.45) is 3.39. The molecule has 0 atom stereocenters. The van der Waals surface area contributed by atoms with E-state index in [1.807, 2.05) is 0 Å². The van der Waals surface area contributed by atoms with E-state index in [2.05, 4.69) is 11.8 Å². The van der Waals surface area contributed by atoms with Crippen molar-refractivity contribution < 1.29 is 9.50 Å². The average molecular weight is 239 g/mol. The van der Waals surface area contributed by atoms with E-state index in [1.54, 1.807) is 6.07 Å². The molecule has 16 heavy (non-hydrogen) atoms. The molecule has 0 aliphatic heterocycles. The number of aliphatic hydroxyl groups is 1. The summed E-state index contributed by atoms with van der Waals surface area (Å²) in [4.78, 5) is 0. The van der Waals surface area contributed by atoms with Gasteiger partial charge in [-0.1, -0.05) is 23.4 Å². The monoisotopic (exact) mass is 238 g/mol. The molecule has 1 aromatic carbocycles. The minimum Gasteiger partial charge on any atom is -0.378 e. The van der Waals surface area contributed by atoms with Gasteiger partial charge in [0.25, 0.3) is 0 Å². The van der Waals surface area contributed by atoms with Crippen LogP contribution < -0.4 is 0 Å². The summed E-state index contributed by atoms with van der Waals surface area (Å²) in [5, 5.41) is 10.3. The van der Waals surface area contributed by atoms with Crippen LogP contribution in [0.15, 0.2) is 18.2 Å². The molecule has 0 spiro atoms. The Morgan fingerprint density at radius 3 is 2.56 bits per heavy atom. The van der Waals surface area contributed by atoms with Crippen LogP contribution in [0.4, 0.5) is 4.39 Å². The van der Waals surface area contributed by atoms with E-state index in [4.69, 9.17) is 11.6 Å². The fraction of sp³-hybridized carbons (Fsp3) is 0.385. The molecule has 1 N–H and O–H groups in total. The minimum absolute atomic E-state index is 0.322. The van der Waals surface area contributed by atoms with E-state index in [0.717, 1.165) is 12.8 Å². The molecule has 1 aliphatic carbocycles. The first-order valence-electron chi connectivity index (χ1n) is 5.29. The Labute approximate surface area is 99.2 Å². The molecule has 0 saturated heterocycles. The van der Waals surface area contributed by atoms with Gasteiger partial charge in [-0.25, -0.2) is 4.39 Å². The maximum Gasteiger partial charge on any atom is 0.125 e. The highest BCUT2D eigenvalue weighted by atomic mass is 35.5. The summed E-state index contributed by atoms with van der Waals surface area (Å²) in [6.45, 7) is 0. The Bertz CT molecular complexity index is 432. The zero-order valence-electron chi connectivity index (χ0n) is 8.76. The van der Waals surface area contributed by atoms with E-state index in [1.165, 1.54) is 12.1 Å². The molecule has 0 heterocycles. The van der Waals surface area contributed by atoms with Gasteiger partial charge < -0.3 is 5.11 Å². The average Bonchev–Trinajstić information content (AvgIpc) is 2.62. The van der Waals surface area contributed by atoms with E-state index in [-0.39, 0.29) is 0 Å². The highest BCUT2D eigenvalue weighted by Gasteiger charge is 2.28. The Morgan fingerprint density at radius 1 is 1.25 bits per heavy atom. The molecule has 0 bridgehead atoms. The van der Waals surface area contributed by atoms with Crippen LogP contribution in [0, 0.1) is 17.7 Å². The zero-order chi connectivity index (χ0) is 11.6. The molecule has 0 amide bonds. The van der Waals surface area contributed by atoms with Gasteiger partial charge in [0.05, 0.1) is 0 Å². The predicted octanol–water partition coefficient (Wildman–Crippen LogP) is 3.14. The van der Waals surface area contributed by atoms with Gasteiger partial charge in [-0.2, -0.15) is 0 Å². The van der Waals surface area contributed by atoms with Crippen molar-refractivity contribution in [2.24, 2.45) is 0 Å². The van der Waals surface area contributed by atoms with Crippen LogP contribution in [0.3, 0.4) is 0 Å². The fourth-order valence-electron chi connectivity index (χ4n) is 1.90. The summed E-state index contributed by atoms with van der Waals surface area (Å²) in [5.74, 6) is 5.19. The molecule has 0 unspecified atom stereocenters. The molecule has 1 aromatic rings. The SMILES string of the molecule is OC1(C#Cc2cc(F)cc(Cl)c2)CCCC1. The van der Waals surface area contributed by atoms with E-state index >= 15 is 0 Å². The molecule has 1 aliphatic rings. The van der Waals surface area contributed by atoms with Crippen LogP contribution in [0.2, 0.25) is 5.02 Å². The highest BCUT2D eigenvalue weighted by molar-refractivity contribution is 6.30. The summed E-state index contributed by atoms with van der Waals surface area (Å²) in [7, 11) is 0. The molecule has 1 nitrogen and oxygen atoms in total. The fourth-order valence-corrected chi connectivity index (χ4v) is 2.12. The Morgan fingerprint density at radius 2 is 1.94 bits per heavy atom. The highest BCUT2D eigenvalue weighted by Crippen LogP contribution is 2.28. The standard InChI is InChI=1S/C13H12ClFO/c14-11-7-10(8-12(15)9-11)3-6-13(16)4-1-2-5-13/h7-9,16H,1-2,4-5H2. The van der Waals surface area contributed by atoms with Gasteiger partial charge in [0.15, 0.2) is 0 Å².